The molecule has 0 unspecified atom stereocenters. The Balaban J connectivity index is 2.40. The van der Waals surface area contributed by atoms with E-state index in [1.807, 2.05) is 11.6 Å². The molecule has 0 bridgehead atoms. The van der Waals surface area contributed by atoms with Crippen LogP contribution in [0.5, 0.6) is 0 Å². The molecule has 0 aromatic rings. The quantitative estimate of drug-likeness (QED) is 0.420. The fraction of sp³-hybridized carbons (Fsp3) is 0. The van der Waals surface area contributed by atoms with Gasteiger partial charge in [0.15, 0.2) is 0 Å². The molecule has 0 spiro atoms. The smallest absolute Gasteiger partial charge is 0.0906 e. The van der Waals surface area contributed by atoms with Gasteiger partial charge >= 0.3 is 0 Å². The van der Waals surface area contributed by atoms with Gasteiger partial charge in [-0.05, 0) is 11.6 Å². The van der Waals surface area contributed by atoms with Crippen LogP contribution in [0.15, 0.2) is 24.2 Å². The van der Waals surface area contributed by atoms with Crippen LogP contribution in [-0.2, 0) is 4.74 Å². The van der Waals surface area contributed by atoms with E-state index in [0.29, 0.717) is 0 Å². The van der Waals surface area contributed by atoms with Gasteiger partial charge in [-0.2, -0.15) is 0 Å². The Kier molecular flexibility index (Phi) is 1.29. The van der Waals surface area contributed by atoms with Gasteiger partial charge in [-0.25, -0.2) is 0 Å². The normalized spacial score (nSPS) is 17.3. The van der Waals surface area contributed by atoms with Crippen molar-refractivity contribution in [2.45, 2.75) is 0 Å². The maximum Gasteiger partial charge on any atom is 0.0906 e. The van der Waals surface area contributed by atoms with Crippen LogP contribution in [0.1, 0.15) is 0 Å². The third-order valence-electron chi connectivity index (χ3n) is 0.486. The molecule has 0 atom stereocenters. The van der Waals surface area contributed by atoms with E-state index in [-0.39, 0.29) is 0 Å². The fourth-order valence-electron chi connectivity index (χ4n) is 0.258. The first-order valence-electron chi connectivity index (χ1n) is 1.72. The number of ether oxygens (including phenoxy) is 1. The van der Waals surface area contributed by atoms with Crippen LogP contribution in [-0.4, -0.2) is 0 Å². The molecule has 6 heavy (non-hydrogen) atoms. The summed E-state index contributed by atoms with van der Waals surface area (Å²) in [7, 11) is 0.816. The lowest BCUT2D eigenvalue weighted by Gasteiger charge is -1.91. The lowest BCUT2D eigenvalue weighted by Crippen LogP contribution is -1.63. The van der Waals surface area contributed by atoms with E-state index >= 15 is 0 Å². The van der Waals surface area contributed by atoms with E-state index in [0.717, 1.165) is 8.58 Å². The van der Waals surface area contributed by atoms with Gasteiger partial charge in [0.1, 0.15) is 0 Å². The fourth-order valence-corrected chi connectivity index (χ4v) is 0.683. The van der Waals surface area contributed by atoms with Crippen LogP contribution in [0.25, 0.3) is 0 Å². The number of rotatable bonds is 0. The topological polar surface area (TPSA) is 9.23 Å². The van der Waals surface area contributed by atoms with Crippen molar-refractivity contribution in [3.05, 3.63) is 24.2 Å². The molecule has 0 aromatic carbocycles. The highest BCUT2D eigenvalue weighted by Gasteiger charge is 1.75. The minimum absolute atomic E-state index is 0.816. The summed E-state index contributed by atoms with van der Waals surface area (Å²) in [5.74, 6) is 3.97. The largest absolute Gasteiger partial charge is 0.473 e. The Morgan fingerprint density at radius 1 is 1.17 bits per heavy atom. The standard InChI is InChI=1S/C4H5OP/c1-3-6-4-2-5-1/h1-4,6H. The van der Waals surface area contributed by atoms with E-state index in [9.17, 15) is 0 Å². The summed E-state index contributed by atoms with van der Waals surface area (Å²) in [5.41, 5.74) is 0. The molecule has 0 saturated carbocycles. The minimum atomic E-state index is 0.816. The Labute approximate surface area is 38.5 Å². The number of hydrogen-bond acceptors (Lipinski definition) is 1. The Morgan fingerprint density at radius 2 is 1.83 bits per heavy atom. The second-order valence-corrected chi connectivity index (χ2v) is 1.91. The first-order chi connectivity index (χ1) is 3.00. The third-order valence-corrected chi connectivity index (χ3v) is 1.14. The predicted molar refractivity (Wildman–Crippen MR) is 27.7 cm³/mol. The lowest BCUT2D eigenvalue weighted by molar-refractivity contribution is 0.403. The van der Waals surface area contributed by atoms with Crippen molar-refractivity contribution in [3.63, 3.8) is 0 Å². The molecule has 32 valence electrons. The van der Waals surface area contributed by atoms with Crippen LogP contribution in [0.3, 0.4) is 0 Å². The molecule has 1 aliphatic rings. The van der Waals surface area contributed by atoms with E-state index in [1.54, 1.807) is 12.5 Å². The summed E-state index contributed by atoms with van der Waals surface area (Å²) in [4.78, 5) is 0. The zero-order chi connectivity index (χ0) is 4.24. The van der Waals surface area contributed by atoms with Crippen molar-refractivity contribution < 1.29 is 4.74 Å². The molecular formula is C4H5OP. The van der Waals surface area contributed by atoms with Crippen LogP contribution in [0, 0.1) is 0 Å². The monoisotopic (exact) mass is 100 g/mol. The van der Waals surface area contributed by atoms with Crippen LogP contribution in [0.4, 0.5) is 0 Å². The van der Waals surface area contributed by atoms with Gasteiger partial charge in [-0.15, -0.1) is 0 Å². The Bertz CT molecular complexity index is 65.5. The lowest BCUT2D eigenvalue weighted by atomic mass is 11.0. The summed E-state index contributed by atoms with van der Waals surface area (Å²) in [6, 6.07) is 0. The highest BCUT2D eigenvalue weighted by Crippen LogP contribution is 2.16. The summed E-state index contributed by atoms with van der Waals surface area (Å²) in [6.07, 6.45) is 3.39. The second kappa shape index (κ2) is 1.99. The SMILES string of the molecule is C1=CPC=CO1. The molecule has 0 saturated heterocycles. The maximum atomic E-state index is 4.72. The van der Waals surface area contributed by atoms with Crippen LogP contribution in [0.2, 0.25) is 0 Å². The van der Waals surface area contributed by atoms with Crippen LogP contribution < -0.4 is 0 Å². The molecule has 0 aromatic heterocycles. The second-order valence-electron chi connectivity index (χ2n) is 0.908. The first-order valence-corrected chi connectivity index (χ1v) is 2.87. The highest BCUT2D eigenvalue weighted by molar-refractivity contribution is 7.45. The van der Waals surface area contributed by atoms with Crippen molar-refractivity contribution in [2.24, 2.45) is 0 Å². The van der Waals surface area contributed by atoms with Gasteiger partial charge in [-0.3, -0.25) is 0 Å². The van der Waals surface area contributed by atoms with E-state index in [2.05, 4.69) is 0 Å². The average Bonchev–Trinajstić information content (AvgIpc) is 1.72. The molecule has 0 N–H and O–H groups in total. The zero-order valence-corrected chi connectivity index (χ0v) is 4.22. The first kappa shape index (κ1) is 3.89. The van der Waals surface area contributed by atoms with Crippen molar-refractivity contribution in [3.8, 4) is 0 Å². The molecule has 1 aliphatic heterocycles. The van der Waals surface area contributed by atoms with Gasteiger partial charge in [0.2, 0.25) is 0 Å². The zero-order valence-electron chi connectivity index (χ0n) is 3.22. The van der Waals surface area contributed by atoms with Gasteiger partial charge in [0.05, 0.1) is 12.5 Å². The summed E-state index contributed by atoms with van der Waals surface area (Å²) in [5, 5.41) is 0. The van der Waals surface area contributed by atoms with Crippen molar-refractivity contribution in [1.82, 2.24) is 0 Å². The average molecular weight is 100 g/mol. The summed E-state index contributed by atoms with van der Waals surface area (Å²) >= 11 is 0. The van der Waals surface area contributed by atoms with Gasteiger partial charge in [0, 0.05) is 0 Å². The third kappa shape index (κ3) is 0.836. The Hall–Kier alpha value is -0.290. The molecule has 1 heterocycles. The molecule has 1 rings (SSSR count). The van der Waals surface area contributed by atoms with E-state index in [1.165, 1.54) is 0 Å². The molecule has 1 nitrogen and oxygen atoms in total. The molecule has 0 aliphatic carbocycles. The van der Waals surface area contributed by atoms with Crippen LogP contribution >= 0.6 is 8.58 Å². The minimum Gasteiger partial charge on any atom is -0.473 e. The highest BCUT2D eigenvalue weighted by atomic mass is 31.1. The van der Waals surface area contributed by atoms with Gasteiger partial charge in [0.25, 0.3) is 0 Å². The van der Waals surface area contributed by atoms with Crippen molar-refractivity contribution in [1.29, 1.82) is 0 Å². The molecule has 2 heteroatoms. The summed E-state index contributed by atoms with van der Waals surface area (Å²) in [6.45, 7) is 0. The van der Waals surface area contributed by atoms with E-state index < -0.39 is 0 Å². The van der Waals surface area contributed by atoms with Gasteiger partial charge in [-0.1, -0.05) is 8.58 Å². The molecule has 0 fully saturated rings. The van der Waals surface area contributed by atoms with Crippen molar-refractivity contribution >= 4 is 8.58 Å². The summed E-state index contributed by atoms with van der Waals surface area (Å²) < 4.78 is 4.72. The van der Waals surface area contributed by atoms with Gasteiger partial charge < -0.3 is 4.74 Å². The maximum absolute atomic E-state index is 4.72. The molecular weight excluding hydrogens is 95.0 g/mol. The van der Waals surface area contributed by atoms with E-state index in [4.69, 9.17) is 4.74 Å². The molecule has 0 radical (unpaired) electrons. The molecule has 0 amide bonds. The van der Waals surface area contributed by atoms with Crippen molar-refractivity contribution in [2.75, 3.05) is 0 Å². The predicted octanol–water partition coefficient (Wildman–Crippen LogP) is 1.64. The Morgan fingerprint density at radius 3 is 2.00 bits per heavy atom. The number of hydrogen-bond donors (Lipinski definition) is 0.